The lowest BCUT2D eigenvalue weighted by atomic mass is 9.92. The Morgan fingerprint density at radius 1 is 1.03 bits per heavy atom. The lowest BCUT2D eigenvalue weighted by Crippen LogP contribution is -2.32. The van der Waals surface area contributed by atoms with Crippen molar-refractivity contribution in [1.29, 1.82) is 0 Å². The molecular weight excluding hydrogens is 404 g/mol. The third-order valence-electron chi connectivity index (χ3n) is 6.15. The first kappa shape index (κ1) is 20.2. The summed E-state index contributed by atoms with van der Waals surface area (Å²) in [7, 11) is 0. The third-order valence-corrected chi connectivity index (χ3v) is 6.15. The van der Waals surface area contributed by atoms with Gasteiger partial charge in [-0.2, -0.15) is 0 Å². The van der Waals surface area contributed by atoms with Crippen molar-refractivity contribution in [2.24, 2.45) is 0 Å². The van der Waals surface area contributed by atoms with E-state index in [1.165, 1.54) is 23.4 Å². The molecule has 0 fully saturated rings. The Labute approximate surface area is 185 Å². The summed E-state index contributed by atoms with van der Waals surface area (Å²) in [5.74, 6) is -0.648. The molecule has 2 aromatic heterocycles. The summed E-state index contributed by atoms with van der Waals surface area (Å²) in [5.41, 5.74) is 5.26. The lowest BCUT2D eigenvalue weighted by molar-refractivity contribution is 0.0974. The van der Waals surface area contributed by atoms with Crippen LogP contribution in [0.2, 0.25) is 0 Å². The molecule has 1 aromatic carbocycles. The summed E-state index contributed by atoms with van der Waals surface area (Å²) >= 11 is 0. The van der Waals surface area contributed by atoms with Gasteiger partial charge in [0.25, 0.3) is 0 Å². The number of anilines is 1. The molecule has 7 nitrogen and oxygen atoms in total. The second kappa shape index (κ2) is 8.07. The molecule has 32 heavy (non-hydrogen) atoms. The van der Waals surface area contributed by atoms with E-state index >= 15 is 0 Å². The van der Waals surface area contributed by atoms with Crippen molar-refractivity contribution in [1.82, 2.24) is 15.3 Å². The highest BCUT2D eigenvalue weighted by molar-refractivity contribution is 6.24. The Bertz CT molecular complexity index is 1350. The number of ketones is 2. The number of pyridine rings is 2. The molecule has 0 radical (unpaired) electrons. The van der Waals surface area contributed by atoms with Crippen LogP contribution in [0, 0.1) is 6.92 Å². The Hall–Kier alpha value is -3.74. The van der Waals surface area contributed by atoms with Gasteiger partial charge < -0.3 is 15.6 Å². The molecule has 2 aliphatic rings. The van der Waals surface area contributed by atoms with Gasteiger partial charge >= 0.3 is 0 Å². The molecule has 2 aliphatic carbocycles. The average molecular weight is 428 g/mol. The minimum atomic E-state index is -0.385. The largest absolute Gasteiger partial charge is 0.382 e. The van der Waals surface area contributed by atoms with Crippen LogP contribution in [0.3, 0.4) is 0 Å². The predicted molar refractivity (Wildman–Crippen MR) is 123 cm³/mol. The van der Waals surface area contributed by atoms with Crippen LogP contribution in [0.5, 0.6) is 0 Å². The van der Waals surface area contributed by atoms with Crippen LogP contribution in [-0.4, -0.2) is 34.6 Å². The Balaban J connectivity index is 1.33. The molecule has 0 amide bonds. The van der Waals surface area contributed by atoms with Gasteiger partial charge in [-0.1, -0.05) is 18.2 Å². The maximum absolute atomic E-state index is 12.9. The standard InChI is InChI=1S/C25H24N4O3/c1-14-12-21(31)29-24-20(30)13-19(25(32)22(14)24)26-10-11-27-23-15-6-2-4-8-17(15)28-18-9-5-3-7-16(18)23/h2,4,6,8,12-13,26H,3,5,7,9-11H2,1H3,(H,27,28)(H,29,31). The molecule has 3 aromatic rings. The molecule has 3 N–H and O–H groups in total. The number of allylic oxidation sites excluding steroid dienone is 2. The number of rotatable bonds is 5. The number of fused-ring (bicyclic) bond motifs is 3. The minimum absolute atomic E-state index is 0.0681. The first-order valence-corrected chi connectivity index (χ1v) is 11.0. The van der Waals surface area contributed by atoms with Gasteiger partial charge in [0, 0.05) is 42.0 Å². The summed E-state index contributed by atoms with van der Waals surface area (Å²) in [4.78, 5) is 44.4. The normalized spacial score (nSPS) is 15.2. The number of para-hydroxylation sites is 1. The van der Waals surface area contributed by atoms with Crippen molar-refractivity contribution in [3.63, 3.8) is 0 Å². The summed E-state index contributed by atoms with van der Waals surface area (Å²) in [6.45, 7) is 2.71. The number of Topliss-reactive ketones (excluding diaryl/α,β-unsaturated/α-hetero) is 1. The molecule has 162 valence electrons. The fraction of sp³-hybridized carbons (Fsp3) is 0.280. The first-order chi connectivity index (χ1) is 15.5. The molecule has 0 bridgehead atoms. The molecule has 0 atom stereocenters. The van der Waals surface area contributed by atoms with Crippen LogP contribution in [0.25, 0.3) is 10.9 Å². The number of benzene rings is 1. The number of aromatic nitrogens is 2. The summed E-state index contributed by atoms with van der Waals surface area (Å²) < 4.78 is 0. The van der Waals surface area contributed by atoms with Crippen molar-refractivity contribution >= 4 is 28.2 Å². The van der Waals surface area contributed by atoms with Gasteiger partial charge in [-0.05, 0) is 49.8 Å². The van der Waals surface area contributed by atoms with Crippen LogP contribution in [0.15, 0.2) is 46.9 Å². The fourth-order valence-corrected chi connectivity index (χ4v) is 4.66. The molecule has 0 saturated heterocycles. The quantitative estimate of drug-likeness (QED) is 0.540. The van der Waals surface area contributed by atoms with Crippen molar-refractivity contribution in [2.75, 3.05) is 18.4 Å². The van der Waals surface area contributed by atoms with E-state index in [4.69, 9.17) is 4.98 Å². The van der Waals surface area contributed by atoms with Gasteiger partial charge in [-0.25, -0.2) is 0 Å². The van der Waals surface area contributed by atoms with Crippen LogP contribution in [-0.2, 0) is 12.8 Å². The number of H-pyrrole nitrogens is 1. The highest BCUT2D eigenvalue weighted by atomic mass is 16.1. The zero-order chi connectivity index (χ0) is 22.2. The Morgan fingerprint density at radius 2 is 1.81 bits per heavy atom. The molecule has 0 saturated carbocycles. The number of nitrogens with zero attached hydrogens (tertiary/aromatic N) is 1. The zero-order valence-electron chi connectivity index (χ0n) is 17.9. The highest BCUT2D eigenvalue weighted by Gasteiger charge is 2.28. The Morgan fingerprint density at radius 3 is 2.69 bits per heavy atom. The number of carbonyl (C=O) groups excluding carboxylic acids is 2. The number of nitrogens with one attached hydrogen (secondary N) is 3. The molecule has 5 rings (SSSR count). The number of aromatic amines is 1. The number of hydrogen-bond acceptors (Lipinski definition) is 6. The lowest BCUT2D eigenvalue weighted by Gasteiger charge is -2.22. The van der Waals surface area contributed by atoms with E-state index in [9.17, 15) is 14.4 Å². The smallest absolute Gasteiger partial charge is 0.248 e. The van der Waals surface area contributed by atoms with Crippen LogP contribution >= 0.6 is 0 Å². The predicted octanol–water partition coefficient (Wildman–Crippen LogP) is 3.07. The van der Waals surface area contributed by atoms with Gasteiger partial charge in [-0.15, -0.1) is 0 Å². The number of hydrogen-bond donors (Lipinski definition) is 3. The van der Waals surface area contributed by atoms with E-state index in [0.717, 1.165) is 42.3 Å². The van der Waals surface area contributed by atoms with E-state index in [-0.39, 0.29) is 34.1 Å². The highest BCUT2D eigenvalue weighted by Crippen LogP contribution is 2.33. The average Bonchev–Trinajstić information content (AvgIpc) is 2.78. The van der Waals surface area contributed by atoms with Crippen molar-refractivity contribution < 1.29 is 9.59 Å². The van der Waals surface area contributed by atoms with Crippen LogP contribution in [0.4, 0.5) is 5.69 Å². The number of carbonyl (C=O) groups is 2. The monoisotopic (exact) mass is 428 g/mol. The molecule has 2 heterocycles. The molecule has 0 spiro atoms. The topological polar surface area (TPSA) is 104 Å². The van der Waals surface area contributed by atoms with E-state index in [0.29, 0.717) is 18.7 Å². The van der Waals surface area contributed by atoms with Crippen molar-refractivity contribution in [3.8, 4) is 0 Å². The Kier molecular flexibility index (Phi) is 5.09. The zero-order valence-corrected chi connectivity index (χ0v) is 17.9. The van der Waals surface area contributed by atoms with Crippen molar-refractivity contribution in [3.05, 3.63) is 80.5 Å². The molecule has 0 unspecified atom stereocenters. The molecular formula is C25H24N4O3. The van der Waals surface area contributed by atoms with Gasteiger partial charge in [0.2, 0.25) is 17.1 Å². The second-order valence-electron chi connectivity index (χ2n) is 8.31. The van der Waals surface area contributed by atoms with Gasteiger partial charge in [0.15, 0.2) is 0 Å². The maximum Gasteiger partial charge on any atom is 0.248 e. The SMILES string of the molecule is Cc1cc(=O)[nH]c2c1C(=O)C(NCCNc1c3c(nc4ccccc14)CCCC3)=CC2=O. The fourth-order valence-electron chi connectivity index (χ4n) is 4.66. The van der Waals surface area contributed by atoms with Gasteiger partial charge in [-0.3, -0.25) is 19.4 Å². The first-order valence-electron chi connectivity index (χ1n) is 11.0. The van der Waals surface area contributed by atoms with E-state index in [1.807, 2.05) is 18.2 Å². The summed E-state index contributed by atoms with van der Waals surface area (Å²) in [6.07, 6.45) is 5.59. The second-order valence-corrected chi connectivity index (χ2v) is 8.31. The maximum atomic E-state index is 12.9. The third kappa shape index (κ3) is 3.49. The van der Waals surface area contributed by atoms with Gasteiger partial charge in [0.05, 0.1) is 16.8 Å². The summed E-state index contributed by atoms with van der Waals surface area (Å²) in [5, 5.41) is 7.75. The van der Waals surface area contributed by atoms with Crippen LogP contribution < -0.4 is 16.2 Å². The number of aryl methyl sites for hydroxylation is 2. The van der Waals surface area contributed by atoms with Gasteiger partial charge in [0.1, 0.15) is 5.69 Å². The molecule has 7 heteroatoms. The summed E-state index contributed by atoms with van der Waals surface area (Å²) in [6, 6.07) is 9.48. The minimum Gasteiger partial charge on any atom is -0.382 e. The molecule has 0 aliphatic heterocycles. The van der Waals surface area contributed by atoms with E-state index < -0.39 is 0 Å². The van der Waals surface area contributed by atoms with E-state index in [2.05, 4.69) is 21.7 Å². The van der Waals surface area contributed by atoms with E-state index in [1.54, 1.807) is 6.92 Å². The van der Waals surface area contributed by atoms with Crippen molar-refractivity contribution in [2.45, 2.75) is 32.6 Å². The van der Waals surface area contributed by atoms with Crippen LogP contribution in [0.1, 0.15) is 50.5 Å².